The Morgan fingerprint density at radius 1 is 0.913 bits per heavy atom. The Morgan fingerprint density at radius 2 is 1.48 bits per heavy atom. The summed E-state index contributed by atoms with van der Waals surface area (Å²) < 4.78 is 16.1. The van der Waals surface area contributed by atoms with Crippen LogP contribution in [0.3, 0.4) is 0 Å². The molecule has 1 aromatic rings. The summed E-state index contributed by atoms with van der Waals surface area (Å²) in [7, 11) is 1.72. The van der Waals surface area contributed by atoms with Gasteiger partial charge < -0.3 is 14.2 Å². The minimum Gasteiger partial charge on any atom is -0.501 e. The van der Waals surface area contributed by atoms with Crippen LogP contribution in [0.1, 0.15) is 51.2 Å². The van der Waals surface area contributed by atoms with Crippen molar-refractivity contribution in [2.24, 2.45) is 0 Å². The molecule has 23 heavy (non-hydrogen) atoms. The Bertz CT molecular complexity index is 503. The number of ether oxygens (including phenoxy) is 3. The summed E-state index contributed by atoms with van der Waals surface area (Å²) in [6.07, 6.45) is 6.74. The maximum Gasteiger partial charge on any atom is 0.0874 e. The van der Waals surface area contributed by atoms with E-state index >= 15 is 0 Å². The van der Waals surface area contributed by atoms with Crippen molar-refractivity contribution in [1.82, 2.24) is 0 Å². The van der Waals surface area contributed by atoms with Crippen molar-refractivity contribution in [2.45, 2.75) is 40.0 Å². The molecule has 0 aliphatic rings. The fourth-order valence-electron chi connectivity index (χ4n) is 2.06. The lowest BCUT2D eigenvalue weighted by molar-refractivity contribution is 0.175. The van der Waals surface area contributed by atoms with Crippen molar-refractivity contribution in [3.8, 4) is 0 Å². The first kappa shape index (κ1) is 19.3. The summed E-state index contributed by atoms with van der Waals surface area (Å²) in [6.45, 7) is 8.52. The molecule has 0 aliphatic carbocycles. The molecule has 0 aromatic heterocycles. The zero-order valence-corrected chi connectivity index (χ0v) is 14.9. The number of unbranched alkanes of at least 4 members (excludes halogenated alkanes) is 1. The molecule has 128 valence electrons. The summed E-state index contributed by atoms with van der Waals surface area (Å²) in [5.74, 6) is 0. The lowest BCUT2D eigenvalue weighted by atomic mass is 10.0. The second-order valence-corrected chi connectivity index (χ2v) is 5.62. The van der Waals surface area contributed by atoms with Crippen LogP contribution in [0.4, 0.5) is 0 Å². The highest BCUT2D eigenvalue weighted by Gasteiger charge is 2.01. The highest BCUT2D eigenvalue weighted by molar-refractivity contribution is 5.70. The topological polar surface area (TPSA) is 27.7 Å². The zero-order chi connectivity index (χ0) is 16.9. The molecule has 0 aliphatic heterocycles. The van der Waals surface area contributed by atoms with Gasteiger partial charge in [-0.1, -0.05) is 25.1 Å². The summed E-state index contributed by atoms with van der Waals surface area (Å²) in [6, 6.07) is 8.44. The number of rotatable bonds is 11. The van der Waals surface area contributed by atoms with E-state index in [-0.39, 0.29) is 0 Å². The summed E-state index contributed by atoms with van der Waals surface area (Å²) >= 11 is 0. The first-order valence-electron chi connectivity index (χ1n) is 8.35. The van der Waals surface area contributed by atoms with Crippen LogP contribution in [-0.4, -0.2) is 26.9 Å². The van der Waals surface area contributed by atoms with Gasteiger partial charge in [-0.25, -0.2) is 0 Å². The predicted octanol–water partition coefficient (Wildman–Crippen LogP) is 5.28. The van der Waals surface area contributed by atoms with Crippen LogP contribution in [0, 0.1) is 0 Å². The first-order chi connectivity index (χ1) is 11.2. The van der Waals surface area contributed by atoms with Crippen LogP contribution in [0.15, 0.2) is 36.8 Å². The Kier molecular flexibility index (Phi) is 9.89. The van der Waals surface area contributed by atoms with Crippen LogP contribution in [0.25, 0.3) is 11.1 Å². The van der Waals surface area contributed by atoms with Crippen molar-refractivity contribution in [1.29, 1.82) is 0 Å². The minimum absolute atomic E-state index is 0.726. The molecule has 0 radical (unpaired) electrons. The Hall–Kier alpha value is -1.74. The Morgan fingerprint density at radius 3 is 2.04 bits per heavy atom. The van der Waals surface area contributed by atoms with Crippen molar-refractivity contribution in [2.75, 3.05) is 26.9 Å². The van der Waals surface area contributed by atoms with E-state index in [2.05, 4.69) is 45.0 Å². The highest BCUT2D eigenvalue weighted by Crippen LogP contribution is 2.20. The van der Waals surface area contributed by atoms with Gasteiger partial charge in [0.25, 0.3) is 0 Å². The number of hydrogen-bond donors (Lipinski definition) is 0. The van der Waals surface area contributed by atoms with Gasteiger partial charge >= 0.3 is 0 Å². The van der Waals surface area contributed by atoms with Gasteiger partial charge in [-0.05, 0) is 61.4 Å². The first-order valence-corrected chi connectivity index (χ1v) is 8.35. The van der Waals surface area contributed by atoms with Crippen molar-refractivity contribution in [3.05, 3.63) is 47.9 Å². The third-order valence-electron chi connectivity index (χ3n) is 3.48. The normalized spacial score (nSPS) is 12.3. The van der Waals surface area contributed by atoms with Gasteiger partial charge in [-0.3, -0.25) is 0 Å². The van der Waals surface area contributed by atoms with Crippen molar-refractivity contribution >= 4 is 11.1 Å². The van der Waals surface area contributed by atoms with E-state index in [1.165, 1.54) is 11.1 Å². The van der Waals surface area contributed by atoms with Gasteiger partial charge in [0.1, 0.15) is 0 Å². The minimum atomic E-state index is 0.726. The molecule has 3 heteroatoms. The molecule has 0 saturated carbocycles. The molecule has 0 amide bonds. The van der Waals surface area contributed by atoms with E-state index in [4.69, 9.17) is 14.2 Å². The quantitative estimate of drug-likeness (QED) is 0.410. The maximum atomic E-state index is 5.62. The number of benzene rings is 1. The van der Waals surface area contributed by atoms with E-state index in [1.54, 1.807) is 7.11 Å². The van der Waals surface area contributed by atoms with Crippen LogP contribution in [0.2, 0.25) is 0 Å². The summed E-state index contributed by atoms with van der Waals surface area (Å²) in [5, 5.41) is 0. The van der Waals surface area contributed by atoms with Crippen molar-refractivity contribution < 1.29 is 14.2 Å². The van der Waals surface area contributed by atoms with Gasteiger partial charge in [0.2, 0.25) is 0 Å². The molecule has 0 unspecified atom stereocenters. The van der Waals surface area contributed by atoms with Crippen LogP contribution < -0.4 is 0 Å². The molecule has 1 rings (SSSR count). The van der Waals surface area contributed by atoms with E-state index in [9.17, 15) is 0 Å². The average molecular weight is 318 g/mol. The van der Waals surface area contributed by atoms with Gasteiger partial charge in [0.15, 0.2) is 0 Å². The highest BCUT2D eigenvalue weighted by atomic mass is 16.5. The average Bonchev–Trinajstić information content (AvgIpc) is 2.58. The summed E-state index contributed by atoms with van der Waals surface area (Å²) in [4.78, 5) is 0. The standard InChI is InChI=1S/C20H30O3/c1-5-11-22-15-17(2)19-9-8-10-20(14-19)18(3)16-23-13-7-6-12-21-4/h8-10,14-16H,5-7,11-13H2,1-4H3. The van der Waals surface area contributed by atoms with Gasteiger partial charge in [-0.15, -0.1) is 0 Å². The molecule has 0 fully saturated rings. The molecule has 0 atom stereocenters. The third-order valence-corrected chi connectivity index (χ3v) is 3.48. The van der Waals surface area contributed by atoms with Crippen molar-refractivity contribution in [3.63, 3.8) is 0 Å². The molecule has 1 aromatic carbocycles. The molecule has 3 nitrogen and oxygen atoms in total. The van der Waals surface area contributed by atoms with E-state index < -0.39 is 0 Å². The predicted molar refractivity (Wildman–Crippen MR) is 97.0 cm³/mol. The fourth-order valence-corrected chi connectivity index (χ4v) is 2.06. The van der Waals surface area contributed by atoms with Crippen LogP contribution in [-0.2, 0) is 14.2 Å². The van der Waals surface area contributed by atoms with Crippen LogP contribution in [0.5, 0.6) is 0 Å². The molecule has 0 saturated heterocycles. The van der Waals surface area contributed by atoms with Gasteiger partial charge in [-0.2, -0.15) is 0 Å². The molecule has 0 heterocycles. The maximum absolute atomic E-state index is 5.62. The molecule has 0 N–H and O–H groups in total. The molecule has 0 spiro atoms. The number of allylic oxidation sites excluding steroid dienone is 2. The largest absolute Gasteiger partial charge is 0.501 e. The second-order valence-electron chi connectivity index (χ2n) is 5.62. The van der Waals surface area contributed by atoms with Crippen LogP contribution >= 0.6 is 0 Å². The van der Waals surface area contributed by atoms with Gasteiger partial charge in [0, 0.05) is 13.7 Å². The van der Waals surface area contributed by atoms with E-state index in [0.29, 0.717) is 0 Å². The van der Waals surface area contributed by atoms with E-state index in [0.717, 1.165) is 50.2 Å². The third kappa shape index (κ3) is 7.89. The molecular formula is C20H30O3. The Labute approximate surface area is 141 Å². The zero-order valence-electron chi connectivity index (χ0n) is 14.9. The molecular weight excluding hydrogens is 288 g/mol. The Balaban J connectivity index is 2.59. The lowest BCUT2D eigenvalue weighted by Gasteiger charge is -2.08. The SMILES string of the molecule is CCCOC=C(C)c1cccc(C(C)=COCCCCOC)c1. The second kappa shape index (κ2) is 11.8. The van der Waals surface area contributed by atoms with E-state index in [1.807, 2.05) is 12.5 Å². The molecule has 0 bridgehead atoms. The smallest absolute Gasteiger partial charge is 0.0874 e. The number of methoxy groups -OCH3 is 1. The summed E-state index contributed by atoms with van der Waals surface area (Å²) in [5.41, 5.74) is 4.60. The lowest BCUT2D eigenvalue weighted by Crippen LogP contribution is -1.94. The monoisotopic (exact) mass is 318 g/mol. The van der Waals surface area contributed by atoms with Gasteiger partial charge in [0.05, 0.1) is 25.7 Å². The number of hydrogen-bond acceptors (Lipinski definition) is 3. The fraction of sp³-hybridized carbons (Fsp3) is 0.500.